The van der Waals surface area contributed by atoms with Gasteiger partial charge in [0.05, 0.1) is 29.5 Å². The van der Waals surface area contributed by atoms with Crippen molar-refractivity contribution in [3.05, 3.63) is 0 Å². The predicted molar refractivity (Wildman–Crippen MR) is 382 cm³/mol. The van der Waals surface area contributed by atoms with Crippen LogP contribution in [-0.4, -0.2) is 179 Å². The number of hydrogen-bond acceptors (Lipinski definition) is 23. The highest BCUT2D eigenvalue weighted by Gasteiger charge is 2.50. The van der Waals surface area contributed by atoms with E-state index in [-0.39, 0.29) is 90.1 Å². The maximum atomic E-state index is 11.2. The smallest absolute Gasteiger partial charge is 0.520 e. The van der Waals surface area contributed by atoms with E-state index in [1.54, 1.807) is 6.92 Å². The van der Waals surface area contributed by atoms with Crippen molar-refractivity contribution in [3.8, 4) is 0 Å². The first kappa shape index (κ1) is 89.0. The lowest BCUT2D eigenvalue weighted by Gasteiger charge is -2.41. The van der Waals surface area contributed by atoms with E-state index < -0.39 is 75.3 Å². The van der Waals surface area contributed by atoms with Gasteiger partial charge in [0.2, 0.25) is 33.3 Å². The minimum atomic E-state index is -2.60. The van der Waals surface area contributed by atoms with Crippen LogP contribution in [0.5, 0.6) is 0 Å². The minimum absolute atomic E-state index is 0.00965. The third-order valence-corrected chi connectivity index (χ3v) is 41.0. The Kier molecular flexibility index (Phi) is 37.0. The molecule has 0 amide bonds. The molecular weight excluding hydrogens is 1370 g/mol. The van der Waals surface area contributed by atoms with E-state index in [1.807, 2.05) is 80.8 Å². The van der Waals surface area contributed by atoms with Crippen molar-refractivity contribution < 1.29 is 106 Å². The van der Waals surface area contributed by atoms with Gasteiger partial charge in [0.15, 0.2) is 6.10 Å². The fourth-order valence-electron chi connectivity index (χ4n) is 10.8. The molecule has 0 radical (unpaired) electrons. The Morgan fingerprint density at radius 2 is 0.904 bits per heavy atom. The Morgan fingerprint density at radius 1 is 0.447 bits per heavy atom. The van der Waals surface area contributed by atoms with Gasteiger partial charge in [-0.3, -0.25) is 43.2 Å². The van der Waals surface area contributed by atoms with Gasteiger partial charge in [-0.05, 0) is 206 Å². The number of carbonyl (C=O) groups excluding carboxylic acids is 9. The summed E-state index contributed by atoms with van der Waals surface area (Å²) in [5, 5.41) is -0.249. The molecule has 5 atom stereocenters. The third kappa shape index (κ3) is 34.7. The molecule has 9 rings (SSSR count). The zero-order valence-corrected chi connectivity index (χ0v) is 71.3. The Morgan fingerprint density at radius 3 is 1.28 bits per heavy atom. The second-order valence-electron chi connectivity index (χ2n) is 30.3. The van der Waals surface area contributed by atoms with Gasteiger partial charge in [0.1, 0.15) is 13.2 Å². The Hall–Kier alpha value is -3.02. The Balaban J connectivity index is 0.000000530. The molecule has 23 nitrogen and oxygen atoms in total. The van der Waals surface area contributed by atoms with Crippen LogP contribution >= 0.6 is 0 Å². The maximum absolute atomic E-state index is 11.2. The van der Waals surface area contributed by atoms with E-state index in [0.717, 1.165) is 68.0 Å². The van der Waals surface area contributed by atoms with Crippen LogP contribution in [0.4, 0.5) is 0 Å². The first-order chi connectivity index (χ1) is 42.9. The molecule has 546 valence electrons. The average Bonchev–Trinajstić information content (AvgIpc) is 0.804. The minimum Gasteiger partial charge on any atom is -0.520 e. The summed E-state index contributed by atoms with van der Waals surface area (Å²) >= 11 is 0. The summed E-state index contributed by atoms with van der Waals surface area (Å²) in [6.45, 7) is 51.8. The second-order valence-corrected chi connectivity index (χ2v) is 66.6. The van der Waals surface area contributed by atoms with Crippen molar-refractivity contribution in [1.29, 1.82) is 0 Å². The molecule has 9 fully saturated rings. The van der Waals surface area contributed by atoms with Crippen LogP contribution in [0.3, 0.4) is 0 Å². The molecule has 9 aliphatic rings. The van der Waals surface area contributed by atoms with E-state index in [4.69, 9.17) is 62.9 Å². The third-order valence-electron chi connectivity index (χ3n) is 17.0. The number of carbonyl (C=O) groups is 9. The van der Waals surface area contributed by atoms with Gasteiger partial charge in [0.25, 0.3) is 69.1 Å². The quantitative estimate of drug-likeness (QED) is 0.223. The van der Waals surface area contributed by atoms with Crippen LogP contribution in [0.25, 0.3) is 0 Å². The first-order valence-electron chi connectivity index (χ1n) is 34.0. The van der Waals surface area contributed by atoms with Gasteiger partial charge >= 0.3 is 26.7 Å². The topological polar surface area (TPSA) is 283 Å². The van der Waals surface area contributed by atoms with Crippen LogP contribution in [0.15, 0.2) is 0 Å². The monoisotopic (exact) mass is 1490 g/mol. The lowest BCUT2D eigenvalue weighted by molar-refractivity contribution is -0.151. The molecule has 0 N–H and O–H groups in total. The average molecular weight is 1490 g/mol. The standard InChI is InChI=1S/C8H16O4Si.2C8H16O2Si.C7H14O3Si.2C7H14O2Si.C6H12O3Si.C6H12O2Si.C5H10O3Si/c1-3-10-13(11-4-2)7-5-6-8(9)12-13;1-6-5-11(3,4)10-8(9)7(6)2;1-3-11(4-2)7-5-6-8(9)10-11;1-7(2)9-5-6(8)10-11(7,3)4;1-6-4-7(8)9-10(2,3)5-6;1-6-4-5-10(2,3)9-7(6)8;1-5-6(7)9-10(2,3)4-8-5;1-9(2)5-3-4-6(7)8-9;1-9(2)4-7-3-5(6)8-9/h3-7H2,1-2H3;6-7H,5H2,1-4H3;3-7H2,1-2H3;5H2,1-4H3;2*6H,4-5H2,1-3H3;5H,4H2,1-3H3;3-5H2,1-2H3;3-4H2,1-2H3. The number of ether oxygens (including phenoxy) is 3. The molecular formula is C62H124O23Si9. The van der Waals surface area contributed by atoms with Gasteiger partial charge in [-0.2, -0.15) is 0 Å². The summed E-state index contributed by atoms with van der Waals surface area (Å²) in [6.07, 6.45) is 7.25. The van der Waals surface area contributed by atoms with Crippen LogP contribution in [0.1, 0.15) is 128 Å². The van der Waals surface area contributed by atoms with Crippen molar-refractivity contribution in [2.75, 3.05) is 38.9 Å². The molecule has 9 saturated heterocycles. The Labute approximate surface area is 573 Å². The van der Waals surface area contributed by atoms with Crippen LogP contribution in [-0.2, 0) is 106 Å². The van der Waals surface area contributed by atoms with Crippen molar-refractivity contribution in [1.82, 2.24) is 0 Å². The summed E-state index contributed by atoms with van der Waals surface area (Å²) in [7, 11) is -15.8. The van der Waals surface area contributed by atoms with Gasteiger partial charge in [-0.1, -0.05) is 41.5 Å². The summed E-state index contributed by atoms with van der Waals surface area (Å²) in [5.74, 6) is 0.585. The van der Waals surface area contributed by atoms with Crippen LogP contribution in [0, 0.1) is 23.7 Å². The molecule has 9 heterocycles. The highest BCUT2D eigenvalue weighted by molar-refractivity contribution is 6.77. The van der Waals surface area contributed by atoms with Crippen LogP contribution in [0.2, 0.25) is 140 Å². The number of hydrogen-bond donors (Lipinski definition) is 0. The highest BCUT2D eigenvalue weighted by atomic mass is 28.4. The molecule has 0 aliphatic carbocycles. The zero-order chi connectivity index (χ0) is 72.5. The lowest BCUT2D eigenvalue weighted by atomic mass is 9.98. The summed E-state index contributed by atoms with van der Waals surface area (Å²) < 4.78 is 73.7. The molecule has 0 saturated carbocycles. The molecule has 5 unspecified atom stereocenters. The molecule has 0 aromatic heterocycles. The van der Waals surface area contributed by atoms with E-state index in [1.165, 1.54) is 6.04 Å². The lowest BCUT2D eigenvalue weighted by Crippen LogP contribution is -2.60. The highest BCUT2D eigenvalue weighted by Crippen LogP contribution is 2.33. The SMILES string of the molecule is CC1(C)OCC(=O)O[Si]1(C)C.CC1CC(=O)O[Si](C)(C)C1.CC1CC[Si](C)(C)OC1=O.CC1C[Si](C)(C)OC(=O)C1C.CC1OC[Si](C)(C)OC1=O.CCO[Si]1(OCC)CCCC(=O)O1.CC[Si]1(CC)CCCC(=O)O1.C[Si]1(C)CCCC(=O)O1.C[Si]1(C)COCC(=O)O1. The summed E-state index contributed by atoms with van der Waals surface area (Å²) in [5.41, 5.74) is 0. The maximum Gasteiger partial charge on any atom is 0.567 e. The molecule has 0 bridgehead atoms. The Bertz CT molecular complexity index is 2380. The van der Waals surface area contributed by atoms with Crippen molar-refractivity contribution in [3.63, 3.8) is 0 Å². The predicted octanol–water partition coefficient (Wildman–Crippen LogP) is 12.8. The first-order valence-corrected chi connectivity index (χ1v) is 60.1. The second kappa shape index (κ2) is 39.1. The van der Waals surface area contributed by atoms with E-state index in [2.05, 4.69) is 80.1 Å². The van der Waals surface area contributed by atoms with Gasteiger partial charge in [-0.15, -0.1) is 0 Å². The van der Waals surface area contributed by atoms with Gasteiger partial charge in [0, 0.05) is 44.9 Å². The van der Waals surface area contributed by atoms with Crippen LogP contribution < -0.4 is 0 Å². The van der Waals surface area contributed by atoms with Crippen molar-refractivity contribution >= 4 is 129 Å². The summed E-state index contributed by atoms with van der Waals surface area (Å²) in [6, 6.07) is 8.63. The fourth-order valence-corrected chi connectivity index (χ4v) is 29.5. The van der Waals surface area contributed by atoms with Crippen molar-refractivity contribution in [2.24, 2.45) is 23.7 Å². The fraction of sp³-hybridized carbons (Fsp3) is 0.855. The molecule has 0 aromatic carbocycles. The molecule has 9 aliphatic heterocycles. The number of rotatable bonds is 6. The molecule has 0 spiro atoms. The van der Waals surface area contributed by atoms with Gasteiger partial charge < -0.3 is 62.9 Å². The van der Waals surface area contributed by atoms with Gasteiger partial charge in [-0.25, -0.2) is 0 Å². The largest absolute Gasteiger partial charge is 0.567 e. The molecule has 94 heavy (non-hydrogen) atoms. The van der Waals surface area contributed by atoms with E-state index in [9.17, 15) is 43.2 Å². The normalized spacial score (nSPS) is 28.1. The van der Waals surface area contributed by atoms with Crippen molar-refractivity contribution in [2.45, 2.75) is 279 Å². The van der Waals surface area contributed by atoms with E-state index >= 15 is 0 Å². The molecule has 0 aromatic rings. The zero-order valence-electron chi connectivity index (χ0n) is 62.3. The van der Waals surface area contributed by atoms with E-state index in [0.29, 0.717) is 63.2 Å². The molecule has 32 heteroatoms. The summed E-state index contributed by atoms with van der Waals surface area (Å²) in [4.78, 5) is 98.3.